The Kier molecular flexibility index (Phi) is 3.71. The highest BCUT2D eigenvalue weighted by molar-refractivity contribution is 6.35. The van der Waals surface area contributed by atoms with Crippen molar-refractivity contribution in [2.45, 2.75) is 12.3 Å². The largest absolute Gasteiger partial charge is 0.469 e. The van der Waals surface area contributed by atoms with Crippen LogP contribution in [0.25, 0.3) is 5.70 Å². The molecule has 0 fully saturated rings. The van der Waals surface area contributed by atoms with Crippen molar-refractivity contribution < 1.29 is 9.15 Å². The van der Waals surface area contributed by atoms with Crippen LogP contribution >= 0.6 is 23.2 Å². The summed E-state index contributed by atoms with van der Waals surface area (Å²) in [6.45, 7) is 0. The molecule has 2 aromatic carbocycles. The molecule has 26 heavy (non-hydrogen) atoms. The number of nitrogens with one attached hydrogen (secondary N) is 1. The van der Waals surface area contributed by atoms with E-state index in [0.717, 1.165) is 28.3 Å². The summed E-state index contributed by atoms with van der Waals surface area (Å²) in [6.07, 6.45) is 3.40. The molecule has 1 N–H and O–H groups in total. The Balaban J connectivity index is 1.61. The Hall–Kier alpha value is -2.40. The number of furan rings is 1. The van der Waals surface area contributed by atoms with Crippen LogP contribution in [0.1, 0.15) is 29.2 Å². The summed E-state index contributed by atoms with van der Waals surface area (Å²) in [5.74, 6) is 1.61. The minimum Gasteiger partial charge on any atom is -0.469 e. The Morgan fingerprint density at radius 1 is 0.962 bits per heavy atom. The van der Waals surface area contributed by atoms with E-state index in [1.54, 1.807) is 12.3 Å². The predicted molar refractivity (Wildman–Crippen MR) is 101 cm³/mol. The molecule has 130 valence electrons. The minimum absolute atomic E-state index is 0.00297. The Labute approximate surface area is 160 Å². The second-order valence-electron chi connectivity index (χ2n) is 6.20. The Morgan fingerprint density at radius 3 is 2.65 bits per heavy atom. The number of para-hydroxylation sites is 1. The van der Waals surface area contributed by atoms with Crippen molar-refractivity contribution in [3.8, 4) is 5.75 Å². The number of hydrogen-bond acceptors (Lipinski definition) is 4. The molecule has 0 saturated heterocycles. The quantitative estimate of drug-likeness (QED) is 0.625. The van der Waals surface area contributed by atoms with Crippen LogP contribution < -0.4 is 10.2 Å². The molecular formula is C20H14Cl2N2O2. The zero-order valence-corrected chi connectivity index (χ0v) is 15.0. The van der Waals surface area contributed by atoms with E-state index in [1.807, 2.05) is 47.5 Å². The molecule has 5 rings (SSSR count). The normalized spacial score (nSPS) is 21.4. The van der Waals surface area contributed by atoms with Gasteiger partial charge in [-0.1, -0.05) is 47.5 Å². The maximum absolute atomic E-state index is 6.46. The van der Waals surface area contributed by atoms with E-state index in [-0.39, 0.29) is 6.04 Å². The van der Waals surface area contributed by atoms with Crippen molar-refractivity contribution in [2.24, 2.45) is 0 Å². The minimum atomic E-state index is -0.400. The van der Waals surface area contributed by atoms with E-state index >= 15 is 0 Å². The van der Waals surface area contributed by atoms with Crippen LogP contribution in [0.3, 0.4) is 0 Å². The predicted octanol–water partition coefficient (Wildman–Crippen LogP) is 5.58. The van der Waals surface area contributed by atoms with Crippen LogP contribution in [0.5, 0.6) is 5.75 Å². The van der Waals surface area contributed by atoms with Gasteiger partial charge in [-0.3, -0.25) is 0 Å². The number of hydrazine groups is 1. The average Bonchev–Trinajstić information content (AvgIpc) is 3.31. The Bertz CT molecular complexity index is 1000. The number of rotatable bonds is 2. The van der Waals surface area contributed by atoms with Gasteiger partial charge >= 0.3 is 0 Å². The van der Waals surface area contributed by atoms with Crippen molar-refractivity contribution in [1.82, 2.24) is 10.4 Å². The fourth-order valence-electron chi connectivity index (χ4n) is 3.42. The van der Waals surface area contributed by atoms with Gasteiger partial charge in [-0.15, -0.1) is 0 Å². The van der Waals surface area contributed by atoms with Crippen molar-refractivity contribution in [1.29, 1.82) is 0 Å². The van der Waals surface area contributed by atoms with Gasteiger partial charge in [0, 0.05) is 16.1 Å². The second kappa shape index (κ2) is 6.09. The lowest BCUT2D eigenvalue weighted by Crippen LogP contribution is -2.43. The molecule has 6 heteroatoms. The summed E-state index contributed by atoms with van der Waals surface area (Å²) >= 11 is 12.5. The lowest BCUT2D eigenvalue weighted by atomic mass is 10.0. The fourth-order valence-corrected chi connectivity index (χ4v) is 3.92. The molecule has 0 spiro atoms. The van der Waals surface area contributed by atoms with Crippen LogP contribution in [0.15, 0.2) is 71.4 Å². The molecule has 4 nitrogen and oxygen atoms in total. The molecule has 2 aliphatic rings. The molecule has 2 aliphatic heterocycles. The first kappa shape index (κ1) is 15.8. The van der Waals surface area contributed by atoms with Crippen LogP contribution in [0.2, 0.25) is 10.0 Å². The standard InChI is InChI=1S/C20H14Cl2N2O2/c21-12-7-8-13(15(22)10-12)20-24-17(14-4-1-2-5-18(14)26-20)11-16(23-24)19-6-3-9-25-19/h1-11,17,20,23H/t17-,20+/m0/s1. The van der Waals surface area contributed by atoms with E-state index in [4.69, 9.17) is 32.4 Å². The summed E-state index contributed by atoms with van der Waals surface area (Å²) in [5, 5.41) is 3.19. The number of ether oxygens (including phenoxy) is 1. The highest BCUT2D eigenvalue weighted by Crippen LogP contribution is 2.47. The summed E-state index contributed by atoms with van der Waals surface area (Å²) < 4.78 is 11.8. The highest BCUT2D eigenvalue weighted by Gasteiger charge is 2.41. The average molecular weight is 385 g/mol. The molecule has 0 unspecified atom stereocenters. The molecule has 0 bridgehead atoms. The summed E-state index contributed by atoms with van der Waals surface area (Å²) in [6, 6.07) is 17.2. The van der Waals surface area contributed by atoms with E-state index in [9.17, 15) is 0 Å². The van der Waals surface area contributed by atoms with E-state index in [0.29, 0.717) is 10.0 Å². The lowest BCUT2D eigenvalue weighted by Gasteiger charge is -2.39. The van der Waals surface area contributed by atoms with Gasteiger partial charge in [0.1, 0.15) is 5.75 Å². The van der Waals surface area contributed by atoms with Crippen molar-refractivity contribution >= 4 is 28.9 Å². The third-order valence-corrected chi connectivity index (χ3v) is 5.18. The van der Waals surface area contributed by atoms with Gasteiger partial charge in [0.15, 0.2) is 12.0 Å². The first-order chi connectivity index (χ1) is 12.7. The van der Waals surface area contributed by atoms with Crippen LogP contribution in [-0.2, 0) is 0 Å². The molecule has 3 heterocycles. The molecule has 2 atom stereocenters. The topological polar surface area (TPSA) is 37.6 Å². The maximum atomic E-state index is 6.46. The molecule has 0 radical (unpaired) electrons. The molecule has 0 amide bonds. The third kappa shape index (κ3) is 2.50. The number of halogens is 2. The zero-order valence-electron chi connectivity index (χ0n) is 13.5. The van der Waals surface area contributed by atoms with Crippen molar-refractivity contribution in [3.05, 3.63) is 93.9 Å². The number of benzene rings is 2. The monoisotopic (exact) mass is 384 g/mol. The first-order valence-corrected chi connectivity index (χ1v) is 8.97. The molecule has 1 aromatic heterocycles. The Morgan fingerprint density at radius 2 is 1.85 bits per heavy atom. The lowest BCUT2D eigenvalue weighted by molar-refractivity contribution is -0.0327. The van der Waals surface area contributed by atoms with E-state index in [2.05, 4.69) is 17.6 Å². The van der Waals surface area contributed by atoms with Crippen molar-refractivity contribution in [2.75, 3.05) is 0 Å². The summed E-state index contributed by atoms with van der Waals surface area (Å²) in [7, 11) is 0. The number of nitrogens with zero attached hydrogens (tertiary/aromatic N) is 1. The zero-order chi connectivity index (χ0) is 17.7. The van der Waals surface area contributed by atoms with Gasteiger partial charge in [0.25, 0.3) is 0 Å². The molecule has 3 aromatic rings. The van der Waals surface area contributed by atoms with Crippen LogP contribution in [0.4, 0.5) is 0 Å². The number of hydrogen-bond donors (Lipinski definition) is 1. The fraction of sp³-hybridized carbons (Fsp3) is 0.100. The third-order valence-electron chi connectivity index (χ3n) is 4.62. The number of fused-ring (bicyclic) bond motifs is 3. The maximum Gasteiger partial charge on any atom is 0.197 e. The van der Waals surface area contributed by atoms with Gasteiger partial charge in [0.2, 0.25) is 0 Å². The SMILES string of the molecule is Clc1ccc([C@H]2Oc3ccccc3[C@@H]3C=C(c4ccco4)NN23)c(Cl)c1. The van der Waals surface area contributed by atoms with Crippen molar-refractivity contribution in [3.63, 3.8) is 0 Å². The van der Waals surface area contributed by atoms with Gasteiger partial charge in [-0.05, 0) is 36.4 Å². The van der Waals surface area contributed by atoms with E-state index < -0.39 is 6.23 Å². The summed E-state index contributed by atoms with van der Waals surface area (Å²) in [5.41, 5.74) is 6.24. The smallest absolute Gasteiger partial charge is 0.197 e. The first-order valence-electron chi connectivity index (χ1n) is 8.22. The van der Waals surface area contributed by atoms with Crippen LogP contribution in [0, 0.1) is 0 Å². The van der Waals surface area contributed by atoms with Gasteiger partial charge < -0.3 is 14.6 Å². The van der Waals surface area contributed by atoms with Gasteiger partial charge in [0.05, 0.1) is 23.0 Å². The second-order valence-corrected chi connectivity index (χ2v) is 7.04. The highest BCUT2D eigenvalue weighted by atomic mass is 35.5. The summed E-state index contributed by atoms with van der Waals surface area (Å²) in [4.78, 5) is 0. The van der Waals surface area contributed by atoms with Gasteiger partial charge in [-0.25, -0.2) is 0 Å². The van der Waals surface area contributed by atoms with Crippen LogP contribution in [-0.4, -0.2) is 5.01 Å². The van der Waals surface area contributed by atoms with Gasteiger partial charge in [-0.2, -0.15) is 5.01 Å². The molecule has 0 saturated carbocycles. The van der Waals surface area contributed by atoms with E-state index in [1.165, 1.54) is 0 Å². The molecule has 0 aliphatic carbocycles. The molecular weight excluding hydrogens is 371 g/mol.